The minimum Gasteiger partial charge on any atom is -0.494 e. The lowest BCUT2D eigenvalue weighted by Gasteiger charge is -2.15. The normalized spacial score (nSPS) is 13.7. The van der Waals surface area contributed by atoms with E-state index in [0.29, 0.717) is 6.61 Å². The molecule has 2 aromatic carbocycles. The molecule has 2 heterocycles. The Labute approximate surface area is 161 Å². The molecule has 0 bridgehead atoms. The molecule has 0 atom stereocenters. The second-order valence-corrected chi connectivity index (χ2v) is 7.19. The van der Waals surface area contributed by atoms with E-state index in [4.69, 9.17) is 9.15 Å². The number of hydrogen-bond acceptors (Lipinski definition) is 4. The molecule has 3 aromatic rings. The SMILES string of the molecule is CCOc1cccc(C2=NCCN2)c1CCc1cc(Br)cc2ccoc12. The van der Waals surface area contributed by atoms with Crippen LogP contribution in [0.25, 0.3) is 11.0 Å². The van der Waals surface area contributed by atoms with Gasteiger partial charge in [-0.3, -0.25) is 4.99 Å². The van der Waals surface area contributed by atoms with Gasteiger partial charge in [-0.1, -0.05) is 28.1 Å². The number of benzene rings is 2. The Morgan fingerprint density at radius 1 is 1.23 bits per heavy atom. The third kappa shape index (κ3) is 3.36. The highest BCUT2D eigenvalue weighted by Crippen LogP contribution is 2.29. The molecule has 1 aromatic heterocycles. The second kappa shape index (κ2) is 7.54. The maximum Gasteiger partial charge on any atom is 0.137 e. The number of amidine groups is 1. The Hall–Kier alpha value is -2.27. The summed E-state index contributed by atoms with van der Waals surface area (Å²) >= 11 is 3.61. The first-order valence-corrected chi connectivity index (χ1v) is 9.74. The zero-order valence-electron chi connectivity index (χ0n) is 14.7. The van der Waals surface area contributed by atoms with Gasteiger partial charge >= 0.3 is 0 Å². The van der Waals surface area contributed by atoms with Crippen LogP contribution in [0.5, 0.6) is 5.75 Å². The molecule has 134 valence electrons. The summed E-state index contributed by atoms with van der Waals surface area (Å²) in [6, 6.07) is 12.4. The van der Waals surface area contributed by atoms with Crippen molar-refractivity contribution in [1.29, 1.82) is 0 Å². The molecule has 0 spiro atoms. The average Bonchev–Trinajstić information content (AvgIpc) is 3.32. The zero-order valence-corrected chi connectivity index (χ0v) is 16.3. The maximum atomic E-state index is 5.91. The number of fused-ring (bicyclic) bond motifs is 1. The monoisotopic (exact) mass is 412 g/mol. The molecular weight excluding hydrogens is 392 g/mol. The van der Waals surface area contributed by atoms with Crippen molar-refractivity contribution in [3.05, 3.63) is 63.8 Å². The first-order chi connectivity index (χ1) is 12.8. The number of ether oxygens (including phenoxy) is 1. The smallest absolute Gasteiger partial charge is 0.137 e. The molecule has 0 radical (unpaired) electrons. The van der Waals surface area contributed by atoms with Crippen LogP contribution in [0.3, 0.4) is 0 Å². The number of nitrogens with zero attached hydrogens (tertiary/aromatic N) is 1. The number of furan rings is 1. The van der Waals surface area contributed by atoms with Crippen molar-refractivity contribution >= 4 is 32.7 Å². The maximum absolute atomic E-state index is 5.91. The first-order valence-electron chi connectivity index (χ1n) is 8.95. The van der Waals surface area contributed by atoms with Crippen LogP contribution in [0, 0.1) is 0 Å². The van der Waals surface area contributed by atoms with Gasteiger partial charge in [-0.15, -0.1) is 0 Å². The van der Waals surface area contributed by atoms with Gasteiger partial charge in [0.25, 0.3) is 0 Å². The van der Waals surface area contributed by atoms with Crippen LogP contribution in [0.4, 0.5) is 0 Å². The average molecular weight is 413 g/mol. The van der Waals surface area contributed by atoms with Crippen molar-refractivity contribution in [2.24, 2.45) is 4.99 Å². The number of aryl methyl sites for hydroxylation is 1. The quantitative estimate of drug-likeness (QED) is 0.636. The molecule has 0 saturated carbocycles. The highest BCUT2D eigenvalue weighted by Gasteiger charge is 2.17. The molecule has 1 aliphatic heterocycles. The lowest BCUT2D eigenvalue weighted by Crippen LogP contribution is -2.21. The van der Waals surface area contributed by atoms with Gasteiger partial charge in [0.2, 0.25) is 0 Å². The number of nitrogens with one attached hydrogen (secondary N) is 1. The Kier molecular flexibility index (Phi) is 4.98. The first kappa shape index (κ1) is 17.2. The van der Waals surface area contributed by atoms with Gasteiger partial charge in [0.1, 0.15) is 17.2 Å². The molecule has 5 heteroatoms. The van der Waals surface area contributed by atoms with E-state index in [0.717, 1.165) is 58.5 Å². The summed E-state index contributed by atoms with van der Waals surface area (Å²) in [6.45, 7) is 4.39. The number of halogens is 1. The summed E-state index contributed by atoms with van der Waals surface area (Å²) < 4.78 is 12.7. The van der Waals surface area contributed by atoms with Crippen LogP contribution in [0.15, 0.2) is 56.5 Å². The Balaban J connectivity index is 1.69. The van der Waals surface area contributed by atoms with Crippen molar-refractivity contribution < 1.29 is 9.15 Å². The van der Waals surface area contributed by atoms with Crippen LogP contribution in [-0.4, -0.2) is 25.5 Å². The Morgan fingerprint density at radius 3 is 2.96 bits per heavy atom. The second-order valence-electron chi connectivity index (χ2n) is 6.28. The van der Waals surface area contributed by atoms with Gasteiger partial charge in [0.05, 0.1) is 19.4 Å². The number of hydrogen-bond donors (Lipinski definition) is 1. The van der Waals surface area contributed by atoms with E-state index < -0.39 is 0 Å². The van der Waals surface area contributed by atoms with E-state index in [1.165, 1.54) is 11.1 Å². The van der Waals surface area contributed by atoms with Gasteiger partial charge in [-0.2, -0.15) is 0 Å². The highest BCUT2D eigenvalue weighted by atomic mass is 79.9. The van der Waals surface area contributed by atoms with E-state index in [1.807, 2.05) is 25.1 Å². The third-order valence-corrected chi connectivity index (χ3v) is 5.06. The van der Waals surface area contributed by atoms with Crippen LogP contribution in [-0.2, 0) is 12.8 Å². The topological polar surface area (TPSA) is 46.8 Å². The minimum atomic E-state index is 0.648. The number of rotatable bonds is 6. The zero-order chi connectivity index (χ0) is 17.9. The Bertz CT molecular complexity index is 962. The highest BCUT2D eigenvalue weighted by molar-refractivity contribution is 9.10. The molecule has 1 aliphatic rings. The van der Waals surface area contributed by atoms with Crippen LogP contribution < -0.4 is 10.1 Å². The summed E-state index contributed by atoms with van der Waals surface area (Å²) in [6.07, 6.45) is 3.48. The third-order valence-electron chi connectivity index (χ3n) is 4.60. The van der Waals surface area contributed by atoms with Crippen molar-refractivity contribution in [2.75, 3.05) is 19.7 Å². The van der Waals surface area contributed by atoms with E-state index in [-0.39, 0.29) is 0 Å². The van der Waals surface area contributed by atoms with Crippen molar-refractivity contribution in [3.8, 4) is 5.75 Å². The molecule has 26 heavy (non-hydrogen) atoms. The Morgan fingerprint density at radius 2 is 2.15 bits per heavy atom. The lowest BCUT2D eigenvalue weighted by molar-refractivity contribution is 0.336. The molecule has 0 fully saturated rings. The minimum absolute atomic E-state index is 0.648. The molecule has 4 rings (SSSR count). The molecular formula is C21H21BrN2O2. The summed E-state index contributed by atoms with van der Waals surface area (Å²) in [5.74, 6) is 1.91. The molecule has 0 aliphatic carbocycles. The summed E-state index contributed by atoms with van der Waals surface area (Å²) in [4.78, 5) is 4.60. The van der Waals surface area contributed by atoms with E-state index in [2.05, 4.69) is 44.4 Å². The fourth-order valence-electron chi connectivity index (χ4n) is 3.48. The summed E-state index contributed by atoms with van der Waals surface area (Å²) in [5, 5.41) is 4.50. The number of aliphatic imine (C=N–C) groups is 1. The fraction of sp³-hybridized carbons (Fsp3) is 0.286. The van der Waals surface area contributed by atoms with Crippen molar-refractivity contribution in [1.82, 2.24) is 5.32 Å². The predicted molar refractivity (Wildman–Crippen MR) is 108 cm³/mol. The van der Waals surface area contributed by atoms with E-state index in [1.54, 1.807) is 6.26 Å². The largest absolute Gasteiger partial charge is 0.494 e. The van der Waals surface area contributed by atoms with Gasteiger partial charge < -0.3 is 14.5 Å². The predicted octanol–water partition coefficient (Wildman–Crippen LogP) is 4.73. The van der Waals surface area contributed by atoms with E-state index in [9.17, 15) is 0 Å². The fourth-order valence-corrected chi connectivity index (χ4v) is 4.00. The van der Waals surface area contributed by atoms with Crippen molar-refractivity contribution in [3.63, 3.8) is 0 Å². The van der Waals surface area contributed by atoms with Gasteiger partial charge in [-0.25, -0.2) is 0 Å². The molecule has 0 amide bonds. The molecule has 0 unspecified atom stereocenters. The van der Waals surface area contributed by atoms with Gasteiger partial charge in [0, 0.05) is 27.5 Å². The lowest BCUT2D eigenvalue weighted by atomic mass is 9.97. The standard InChI is InChI=1S/C21H21BrN2O2/c1-2-25-19-5-3-4-18(21-23-9-10-24-21)17(19)7-6-14-12-16(22)13-15-8-11-26-20(14)15/h3-5,8,11-13H,2,6-7,9-10H2,1H3,(H,23,24). The van der Waals surface area contributed by atoms with Crippen LogP contribution in [0.1, 0.15) is 23.6 Å². The molecule has 1 N–H and O–H groups in total. The summed E-state index contributed by atoms with van der Waals surface area (Å²) in [7, 11) is 0. The van der Waals surface area contributed by atoms with E-state index >= 15 is 0 Å². The molecule has 0 saturated heterocycles. The van der Waals surface area contributed by atoms with Gasteiger partial charge in [-0.05, 0) is 49.6 Å². The molecule has 4 nitrogen and oxygen atoms in total. The van der Waals surface area contributed by atoms with Crippen LogP contribution >= 0.6 is 15.9 Å². The van der Waals surface area contributed by atoms with Gasteiger partial charge in [0.15, 0.2) is 0 Å². The van der Waals surface area contributed by atoms with Crippen molar-refractivity contribution in [2.45, 2.75) is 19.8 Å². The summed E-state index contributed by atoms with van der Waals surface area (Å²) in [5.41, 5.74) is 4.49. The van der Waals surface area contributed by atoms with Crippen LogP contribution in [0.2, 0.25) is 0 Å².